The Bertz CT molecular complexity index is 777. The third-order valence-corrected chi connectivity index (χ3v) is 4.76. The van der Waals surface area contributed by atoms with Crippen LogP contribution in [0.3, 0.4) is 0 Å². The van der Waals surface area contributed by atoms with Gasteiger partial charge in [-0.15, -0.1) is 0 Å². The summed E-state index contributed by atoms with van der Waals surface area (Å²) in [5.41, 5.74) is 0.286. The Morgan fingerprint density at radius 1 is 1.11 bits per heavy atom. The number of aliphatic hydroxyl groups is 1. The standard InChI is InChI=1S/C20H24F3N3O2/c1-15-5-2-3-7-18(15)28-14-16(27)13-25-9-11-26(12-10-25)19-17(20(21,22)23)6-4-8-24-19/h2-8,16,27H,9-14H2,1H3. The van der Waals surface area contributed by atoms with Crippen LogP contribution in [0.15, 0.2) is 42.6 Å². The van der Waals surface area contributed by atoms with Crippen molar-refractivity contribution in [1.82, 2.24) is 9.88 Å². The number of rotatable bonds is 6. The van der Waals surface area contributed by atoms with Gasteiger partial charge in [0.15, 0.2) is 0 Å². The van der Waals surface area contributed by atoms with Gasteiger partial charge in [0.1, 0.15) is 24.3 Å². The van der Waals surface area contributed by atoms with Gasteiger partial charge < -0.3 is 14.7 Å². The first kappa shape index (κ1) is 20.4. The summed E-state index contributed by atoms with van der Waals surface area (Å²) in [6.07, 6.45) is -3.72. The quantitative estimate of drug-likeness (QED) is 0.815. The van der Waals surface area contributed by atoms with Gasteiger partial charge in [0, 0.05) is 38.9 Å². The number of hydrogen-bond donors (Lipinski definition) is 1. The van der Waals surface area contributed by atoms with Crippen LogP contribution in [0, 0.1) is 6.92 Å². The van der Waals surface area contributed by atoms with Crippen molar-refractivity contribution in [2.24, 2.45) is 0 Å². The number of halogens is 3. The molecule has 0 amide bonds. The van der Waals surface area contributed by atoms with E-state index in [4.69, 9.17) is 4.74 Å². The molecule has 3 rings (SSSR count). The summed E-state index contributed by atoms with van der Waals surface area (Å²) < 4.78 is 45.2. The van der Waals surface area contributed by atoms with Crippen LogP contribution in [0.4, 0.5) is 19.0 Å². The Kier molecular flexibility index (Phi) is 6.41. The minimum absolute atomic E-state index is 0.0296. The second-order valence-electron chi connectivity index (χ2n) is 6.89. The molecule has 0 saturated carbocycles. The molecule has 1 aromatic heterocycles. The highest BCUT2D eigenvalue weighted by Crippen LogP contribution is 2.35. The maximum absolute atomic E-state index is 13.2. The summed E-state index contributed by atoms with van der Waals surface area (Å²) in [5.74, 6) is 0.708. The van der Waals surface area contributed by atoms with E-state index in [9.17, 15) is 18.3 Å². The average Bonchev–Trinajstić information content (AvgIpc) is 2.67. The lowest BCUT2D eigenvalue weighted by Gasteiger charge is -2.37. The number of β-amino-alcohol motifs (C(OH)–C–C–N with tert-alkyl or cyclic N) is 1. The van der Waals surface area contributed by atoms with E-state index < -0.39 is 17.8 Å². The minimum Gasteiger partial charge on any atom is -0.491 e. The molecule has 2 heterocycles. The number of benzene rings is 1. The highest BCUT2D eigenvalue weighted by atomic mass is 19.4. The second kappa shape index (κ2) is 8.79. The van der Waals surface area contributed by atoms with Crippen molar-refractivity contribution >= 4 is 5.82 Å². The number of anilines is 1. The SMILES string of the molecule is Cc1ccccc1OCC(O)CN1CCN(c2ncccc2C(F)(F)F)CC1. The lowest BCUT2D eigenvalue weighted by molar-refractivity contribution is -0.137. The Hall–Kier alpha value is -2.32. The zero-order chi connectivity index (χ0) is 20.1. The first-order chi connectivity index (χ1) is 13.3. The molecule has 5 nitrogen and oxygen atoms in total. The van der Waals surface area contributed by atoms with Gasteiger partial charge in [0.25, 0.3) is 0 Å². The maximum atomic E-state index is 13.2. The number of nitrogens with zero attached hydrogens (tertiary/aromatic N) is 3. The van der Waals surface area contributed by atoms with Crippen molar-refractivity contribution in [1.29, 1.82) is 0 Å². The van der Waals surface area contributed by atoms with Crippen molar-refractivity contribution < 1.29 is 23.0 Å². The molecule has 0 aliphatic carbocycles. The molecule has 152 valence electrons. The molecule has 1 fully saturated rings. The van der Waals surface area contributed by atoms with Crippen LogP contribution in [-0.4, -0.2) is 60.4 Å². The summed E-state index contributed by atoms with van der Waals surface area (Å²) in [7, 11) is 0. The summed E-state index contributed by atoms with van der Waals surface area (Å²) in [4.78, 5) is 7.62. The van der Waals surface area contributed by atoms with Crippen LogP contribution < -0.4 is 9.64 Å². The van der Waals surface area contributed by atoms with Crippen molar-refractivity contribution in [2.75, 3.05) is 44.2 Å². The molecule has 0 spiro atoms. The van der Waals surface area contributed by atoms with E-state index in [0.29, 0.717) is 32.7 Å². The topological polar surface area (TPSA) is 48.8 Å². The number of aryl methyl sites for hydroxylation is 1. The van der Waals surface area contributed by atoms with Crippen molar-refractivity contribution in [2.45, 2.75) is 19.2 Å². The van der Waals surface area contributed by atoms with E-state index in [-0.39, 0.29) is 12.4 Å². The average molecular weight is 395 g/mol. The van der Waals surface area contributed by atoms with Crippen LogP contribution in [0.5, 0.6) is 5.75 Å². The van der Waals surface area contributed by atoms with Gasteiger partial charge in [-0.05, 0) is 30.7 Å². The molecule has 1 unspecified atom stereocenters. The number of pyridine rings is 1. The summed E-state index contributed by atoms with van der Waals surface area (Å²) in [6, 6.07) is 9.94. The normalized spacial score (nSPS) is 16.8. The lowest BCUT2D eigenvalue weighted by Crippen LogP contribution is -2.49. The van der Waals surface area contributed by atoms with Gasteiger partial charge in [0.2, 0.25) is 0 Å². The van der Waals surface area contributed by atoms with Crippen molar-refractivity contribution in [3.63, 3.8) is 0 Å². The molecule has 1 aliphatic heterocycles. The molecule has 0 radical (unpaired) electrons. The fraction of sp³-hybridized carbons (Fsp3) is 0.450. The van der Waals surface area contributed by atoms with Gasteiger partial charge in [0.05, 0.1) is 5.56 Å². The molecule has 1 aliphatic rings. The summed E-state index contributed by atoms with van der Waals surface area (Å²) >= 11 is 0. The maximum Gasteiger partial charge on any atom is 0.419 e. The smallest absolute Gasteiger partial charge is 0.419 e. The molecule has 0 bridgehead atoms. The van der Waals surface area contributed by atoms with Gasteiger partial charge in [-0.1, -0.05) is 18.2 Å². The largest absolute Gasteiger partial charge is 0.491 e. The zero-order valence-electron chi connectivity index (χ0n) is 15.7. The van der Waals surface area contributed by atoms with E-state index in [1.54, 1.807) is 4.90 Å². The van der Waals surface area contributed by atoms with Gasteiger partial charge in [-0.25, -0.2) is 4.98 Å². The van der Waals surface area contributed by atoms with Gasteiger partial charge in [-0.3, -0.25) is 4.90 Å². The molecular formula is C20H24F3N3O2. The third kappa shape index (κ3) is 5.14. The van der Waals surface area contributed by atoms with Crippen LogP contribution in [0.25, 0.3) is 0 Å². The molecule has 2 aromatic rings. The number of alkyl halides is 3. The Balaban J connectivity index is 1.50. The van der Waals surface area contributed by atoms with E-state index in [1.807, 2.05) is 36.1 Å². The van der Waals surface area contributed by atoms with E-state index in [2.05, 4.69) is 4.98 Å². The van der Waals surface area contributed by atoms with E-state index >= 15 is 0 Å². The van der Waals surface area contributed by atoms with Crippen molar-refractivity contribution in [3.05, 3.63) is 53.7 Å². The highest BCUT2D eigenvalue weighted by molar-refractivity contribution is 5.48. The van der Waals surface area contributed by atoms with E-state index in [1.165, 1.54) is 12.3 Å². The van der Waals surface area contributed by atoms with Crippen molar-refractivity contribution in [3.8, 4) is 5.75 Å². The Morgan fingerprint density at radius 3 is 2.50 bits per heavy atom. The molecule has 8 heteroatoms. The third-order valence-electron chi connectivity index (χ3n) is 4.76. The predicted octanol–water partition coefficient (Wildman–Crippen LogP) is 2.97. The van der Waals surface area contributed by atoms with E-state index in [0.717, 1.165) is 17.4 Å². The molecule has 28 heavy (non-hydrogen) atoms. The Morgan fingerprint density at radius 2 is 1.82 bits per heavy atom. The number of ether oxygens (including phenoxy) is 1. The molecule has 1 saturated heterocycles. The number of aromatic nitrogens is 1. The van der Waals surface area contributed by atoms with Gasteiger partial charge >= 0.3 is 6.18 Å². The zero-order valence-corrected chi connectivity index (χ0v) is 15.7. The number of aliphatic hydroxyl groups excluding tert-OH is 1. The second-order valence-corrected chi connectivity index (χ2v) is 6.89. The molecule has 1 N–H and O–H groups in total. The number of para-hydroxylation sites is 1. The fourth-order valence-electron chi connectivity index (χ4n) is 3.27. The lowest BCUT2D eigenvalue weighted by atomic mass is 10.2. The monoisotopic (exact) mass is 395 g/mol. The fourth-order valence-corrected chi connectivity index (χ4v) is 3.27. The first-order valence-corrected chi connectivity index (χ1v) is 9.20. The first-order valence-electron chi connectivity index (χ1n) is 9.20. The number of piperazine rings is 1. The minimum atomic E-state index is -4.43. The molecular weight excluding hydrogens is 371 g/mol. The highest BCUT2D eigenvalue weighted by Gasteiger charge is 2.36. The van der Waals surface area contributed by atoms with Crippen LogP contribution in [-0.2, 0) is 6.18 Å². The van der Waals surface area contributed by atoms with Crippen LogP contribution >= 0.6 is 0 Å². The summed E-state index contributed by atoms with van der Waals surface area (Å²) in [5, 5.41) is 10.2. The Labute approximate surface area is 162 Å². The van der Waals surface area contributed by atoms with Crippen LogP contribution in [0.2, 0.25) is 0 Å². The molecule has 1 aromatic carbocycles. The summed E-state index contributed by atoms with van der Waals surface area (Å²) in [6.45, 7) is 4.47. The van der Waals surface area contributed by atoms with Gasteiger partial charge in [-0.2, -0.15) is 13.2 Å². The molecule has 1 atom stereocenters. The predicted molar refractivity (Wildman–Crippen MR) is 101 cm³/mol. The number of hydrogen-bond acceptors (Lipinski definition) is 5. The van der Waals surface area contributed by atoms with Crippen LogP contribution in [0.1, 0.15) is 11.1 Å².